The van der Waals surface area contributed by atoms with Gasteiger partial charge in [0, 0.05) is 19.6 Å². The molecule has 0 aliphatic heterocycles. The molecule has 4 nitrogen and oxygen atoms in total. The zero-order chi connectivity index (χ0) is 20.2. The normalized spacial score (nSPS) is 18.2. The van der Waals surface area contributed by atoms with Gasteiger partial charge in [0.05, 0.1) is 4.90 Å². The molecule has 1 unspecified atom stereocenters. The first-order valence-electron chi connectivity index (χ1n) is 9.63. The molecule has 1 aromatic carbocycles. The molecule has 5 heteroatoms. The van der Waals surface area contributed by atoms with Crippen molar-refractivity contribution in [1.82, 2.24) is 9.21 Å². The van der Waals surface area contributed by atoms with Crippen molar-refractivity contribution in [3.8, 4) is 0 Å². The molecule has 0 radical (unpaired) electrons. The van der Waals surface area contributed by atoms with Crippen molar-refractivity contribution in [1.29, 1.82) is 0 Å². The Morgan fingerprint density at radius 1 is 1.07 bits per heavy atom. The van der Waals surface area contributed by atoms with E-state index in [1.165, 1.54) is 5.57 Å². The van der Waals surface area contributed by atoms with Crippen LogP contribution in [0, 0.1) is 5.92 Å². The lowest BCUT2D eigenvalue weighted by Crippen LogP contribution is -2.38. The van der Waals surface area contributed by atoms with Crippen molar-refractivity contribution in [2.75, 3.05) is 33.7 Å². The van der Waals surface area contributed by atoms with Crippen LogP contribution in [-0.2, 0) is 15.4 Å². The topological polar surface area (TPSA) is 40.6 Å². The molecule has 0 N–H and O–H groups in total. The highest BCUT2D eigenvalue weighted by molar-refractivity contribution is 7.89. The van der Waals surface area contributed by atoms with Crippen molar-refractivity contribution in [3.05, 3.63) is 53.6 Å². The molecule has 150 valence electrons. The molecule has 2 rings (SSSR count). The summed E-state index contributed by atoms with van der Waals surface area (Å²) in [4.78, 5) is 2.39. The third-order valence-corrected chi connectivity index (χ3v) is 6.94. The number of hydrogen-bond acceptors (Lipinski definition) is 3. The van der Waals surface area contributed by atoms with E-state index in [-0.39, 0.29) is 5.41 Å². The van der Waals surface area contributed by atoms with Gasteiger partial charge in [-0.2, -0.15) is 4.31 Å². The molecule has 0 heterocycles. The van der Waals surface area contributed by atoms with Gasteiger partial charge in [0.15, 0.2) is 0 Å². The van der Waals surface area contributed by atoms with E-state index in [1.54, 1.807) is 16.4 Å². The van der Waals surface area contributed by atoms with E-state index in [0.717, 1.165) is 12.0 Å². The van der Waals surface area contributed by atoms with Gasteiger partial charge in [0.2, 0.25) is 10.0 Å². The quantitative estimate of drug-likeness (QED) is 0.705. The van der Waals surface area contributed by atoms with Gasteiger partial charge in [-0.25, -0.2) is 8.42 Å². The fraction of sp³-hybridized carbons (Fsp3) is 0.545. The van der Waals surface area contributed by atoms with Crippen molar-refractivity contribution >= 4 is 10.0 Å². The molecule has 1 aliphatic carbocycles. The summed E-state index contributed by atoms with van der Waals surface area (Å²) in [5.41, 5.74) is 2.31. The van der Waals surface area contributed by atoms with Crippen LogP contribution < -0.4 is 0 Å². The average molecular weight is 391 g/mol. The van der Waals surface area contributed by atoms with Crippen LogP contribution in [0.2, 0.25) is 0 Å². The average Bonchev–Trinajstić information content (AvgIpc) is 2.59. The summed E-state index contributed by atoms with van der Waals surface area (Å²) in [6, 6.07) is 7.36. The molecule has 1 atom stereocenters. The van der Waals surface area contributed by atoms with Crippen LogP contribution in [-0.4, -0.2) is 51.4 Å². The van der Waals surface area contributed by atoms with Crippen LogP contribution in [0.1, 0.15) is 39.7 Å². The standard InChI is InChI=1S/C22H34N2O2S/c1-18-9-7-8-10-19(18)17-24(16-15-23(5)6)27(25,26)21-13-11-20(12-14-21)22(2,3)4/h7-8,10-14,18H,9,15-17H2,1-6H3. The minimum absolute atomic E-state index is 0.00157. The minimum Gasteiger partial charge on any atom is -0.308 e. The first kappa shape index (κ1) is 21.9. The van der Waals surface area contributed by atoms with Gasteiger partial charge in [-0.15, -0.1) is 0 Å². The summed E-state index contributed by atoms with van der Waals surface area (Å²) in [5, 5.41) is 0. The Morgan fingerprint density at radius 3 is 2.22 bits per heavy atom. The highest BCUT2D eigenvalue weighted by Crippen LogP contribution is 2.27. The van der Waals surface area contributed by atoms with Crippen LogP contribution in [0.3, 0.4) is 0 Å². The number of hydrogen-bond donors (Lipinski definition) is 0. The molecule has 1 aliphatic rings. The van der Waals surface area contributed by atoms with Crippen molar-refractivity contribution in [3.63, 3.8) is 0 Å². The highest BCUT2D eigenvalue weighted by atomic mass is 32.2. The van der Waals surface area contributed by atoms with E-state index < -0.39 is 10.0 Å². The SMILES string of the molecule is CC1CC=CC=C1CN(CCN(C)C)S(=O)(=O)c1ccc(C(C)(C)C)cc1. The van der Waals surface area contributed by atoms with Gasteiger partial charge in [0.1, 0.15) is 0 Å². The van der Waals surface area contributed by atoms with E-state index in [4.69, 9.17) is 0 Å². The smallest absolute Gasteiger partial charge is 0.243 e. The largest absolute Gasteiger partial charge is 0.308 e. The summed E-state index contributed by atoms with van der Waals surface area (Å²) in [7, 11) is 0.393. The molecule has 0 spiro atoms. The van der Waals surface area contributed by atoms with Crippen molar-refractivity contribution < 1.29 is 8.42 Å². The number of likely N-dealkylation sites (N-methyl/N-ethyl adjacent to an activating group) is 1. The molecule has 0 saturated carbocycles. The van der Waals surface area contributed by atoms with Crippen LogP contribution >= 0.6 is 0 Å². The fourth-order valence-electron chi connectivity index (χ4n) is 3.07. The van der Waals surface area contributed by atoms with E-state index >= 15 is 0 Å². The predicted octanol–water partition coefficient (Wildman–Crippen LogP) is 4.06. The van der Waals surface area contributed by atoms with Gasteiger partial charge < -0.3 is 4.90 Å². The Balaban J connectivity index is 2.31. The number of rotatable bonds is 7. The Morgan fingerprint density at radius 2 is 1.70 bits per heavy atom. The number of sulfonamides is 1. The Kier molecular flexibility index (Phi) is 7.06. The third kappa shape index (κ3) is 5.77. The Labute approximate surface area is 165 Å². The number of allylic oxidation sites excluding steroid dienone is 3. The van der Waals surface area contributed by atoms with E-state index in [2.05, 4.69) is 39.8 Å². The molecule has 0 amide bonds. The summed E-state index contributed by atoms with van der Waals surface area (Å²) in [6.07, 6.45) is 7.20. The number of nitrogens with zero attached hydrogens (tertiary/aromatic N) is 2. The van der Waals surface area contributed by atoms with E-state index in [9.17, 15) is 8.42 Å². The lowest BCUT2D eigenvalue weighted by Gasteiger charge is -2.28. The molecule has 0 aromatic heterocycles. The summed E-state index contributed by atoms with van der Waals surface area (Å²) in [6.45, 7) is 10.2. The number of benzene rings is 1. The van der Waals surface area contributed by atoms with Crippen LogP contribution in [0.4, 0.5) is 0 Å². The summed E-state index contributed by atoms with van der Waals surface area (Å²) in [5.74, 6) is 0.371. The molecule has 27 heavy (non-hydrogen) atoms. The molecule has 0 bridgehead atoms. The van der Waals surface area contributed by atoms with Crippen molar-refractivity contribution in [2.24, 2.45) is 5.92 Å². The lowest BCUT2D eigenvalue weighted by molar-refractivity contribution is 0.339. The third-order valence-electron chi connectivity index (χ3n) is 5.08. The van der Waals surface area contributed by atoms with Crippen LogP contribution in [0.25, 0.3) is 0 Å². The summed E-state index contributed by atoms with van der Waals surface area (Å²) >= 11 is 0. The monoisotopic (exact) mass is 390 g/mol. The maximum atomic E-state index is 13.3. The van der Waals surface area contributed by atoms with E-state index in [0.29, 0.717) is 30.4 Å². The van der Waals surface area contributed by atoms with Gasteiger partial charge >= 0.3 is 0 Å². The molecular formula is C22H34N2O2S. The second-order valence-electron chi connectivity index (χ2n) is 8.72. The highest BCUT2D eigenvalue weighted by Gasteiger charge is 2.27. The predicted molar refractivity (Wildman–Crippen MR) is 113 cm³/mol. The first-order chi connectivity index (χ1) is 12.5. The van der Waals surface area contributed by atoms with Crippen LogP contribution in [0.5, 0.6) is 0 Å². The van der Waals surface area contributed by atoms with E-state index in [1.807, 2.05) is 37.2 Å². The van der Waals surface area contributed by atoms with Gasteiger partial charge in [-0.1, -0.05) is 63.6 Å². The second kappa shape index (κ2) is 8.72. The molecular weight excluding hydrogens is 356 g/mol. The van der Waals surface area contributed by atoms with Crippen LogP contribution in [0.15, 0.2) is 53.0 Å². The lowest BCUT2D eigenvalue weighted by atomic mass is 9.87. The van der Waals surface area contributed by atoms with Gasteiger partial charge in [-0.05, 0) is 49.5 Å². The minimum atomic E-state index is -3.54. The zero-order valence-electron chi connectivity index (χ0n) is 17.6. The summed E-state index contributed by atoms with van der Waals surface area (Å²) < 4.78 is 28.3. The molecule has 0 fully saturated rings. The first-order valence-corrected chi connectivity index (χ1v) is 11.1. The van der Waals surface area contributed by atoms with Gasteiger partial charge in [0.25, 0.3) is 0 Å². The molecule has 0 saturated heterocycles. The second-order valence-corrected chi connectivity index (χ2v) is 10.7. The van der Waals surface area contributed by atoms with Gasteiger partial charge in [-0.3, -0.25) is 0 Å². The maximum absolute atomic E-state index is 13.3. The Bertz CT molecular complexity index is 785. The maximum Gasteiger partial charge on any atom is 0.243 e. The zero-order valence-corrected chi connectivity index (χ0v) is 18.4. The van der Waals surface area contributed by atoms with Crippen molar-refractivity contribution in [2.45, 2.75) is 44.4 Å². The molecule has 1 aromatic rings. The Hall–Kier alpha value is -1.43. The fourth-order valence-corrected chi connectivity index (χ4v) is 4.49.